The van der Waals surface area contributed by atoms with Crippen LogP contribution < -0.4 is 5.32 Å². The van der Waals surface area contributed by atoms with Gasteiger partial charge in [-0.3, -0.25) is 14.9 Å². The predicted molar refractivity (Wildman–Crippen MR) is 94.9 cm³/mol. The molecule has 126 valence electrons. The third-order valence-corrected chi connectivity index (χ3v) is 4.90. The molecule has 0 aliphatic carbocycles. The molecule has 0 amide bonds. The van der Waals surface area contributed by atoms with Gasteiger partial charge in [-0.1, -0.05) is 0 Å². The summed E-state index contributed by atoms with van der Waals surface area (Å²) in [7, 11) is 0. The van der Waals surface area contributed by atoms with Crippen molar-refractivity contribution in [2.75, 3.05) is 26.2 Å². The van der Waals surface area contributed by atoms with Crippen LogP contribution in [0.5, 0.6) is 0 Å². The van der Waals surface area contributed by atoms with E-state index < -0.39 is 0 Å². The third-order valence-electron chi connectivity index (χ3n) is 4.90. The second-order valence-electron chi connectivity index (χ2n) is 6.35. The number of nitrogens with one attached hydrogen (secondary N) is 1. The quantitative estimate of drug-likeness (QED) is 0.913. The summed E-state index contributed by atoms with van der Waals surface area (Å²) in [5, 5.41) is 3.47. The largest absolute Gasteiger partial charge is 0.317 e. The molecular formula is C16H28Cl2N4. The van der Waals surface area contributed by atoms with Gasteiger partial charge in [0.15, 0.2) is 0 Å². The van der Waals surface area contributed by atoms with Crippen LogP contribution in [0.15, 0.2) is 12.4 Å². The van der Waals surface area contributed by atoms with Gasteiger partial charge in [0.25, 0.3) is 0 Å². The average molecular weight is 347 g/mol. The number of nitrogens with zero attached hydrogens (tertiary/aromatic N) is 3. The normalized spacial score (nSPS) is 21.0. The first-order valence-electron chi connectivity index (χ1n) is 8.02. The molecule has 2 saturated heterocycles. The van der Waals surface area contributed by atoms with Gasteiger partial charge in [-0.05, 0) is 70.6 Å². The molecule has 2 aliphatic rings. The molecule has 0 saturated carbocycles. The van der Waals surface area contributed by atoms with Crippen LogP contribution in [0.2, 0.25) is 0 Å². The Bertz CT molecular complexity index is 413. The van der Waals surface area contributed by atoms with Gasteiger partial charge in [0.05, 0.1) is 11.4 Å². The molecular weight excluding hydrogens is 319 g/mol. The van der Waals surface area contributed by atoms with Crippen molar-refractivity contribution in [2.45, 2.75) is 39.2 Å². The van der Waals surface area contributed by atoms with Gasteiger partial charge in [-0.25, -0.2) is 0 Å². The molecule has 1 aromatic rings. The Hall–Kier alpha value is -0.420. The van der Waals surface area contributed by atoms with E-state index in [1.165, 1.54) is 51.9 Å². The molecule has 3 heterocycles. The van der Waals surface area contributed by atoms with Crippen molar-refractivity contribution in [2.24, 2.45) is 11.8 Å². The number of likely N-dealkylation sites (tertiary alicyclic amines) is 1. The second-order valence-corrected chi connectivity index (χ2v) is 6.35. The highest BCUT2D eigenvalue weighted by Gasteiger charge is 2.27. The van der Waals surface area contributed by atoms with E-state index in [2.05, 4.69) is 20.2 Å². The molecule has 4 nitrogen and oxygen atoms in total. The number of rotatable bonds is 3. The molecule has 0 bridgehead atoms. The van der Waals surface area contributed by atoms with Crippen molar-refractivity contribution in [3.8, 4) is 0 Å². The first kappa shape index (κ1) is 19.6. The fraction of sp³-hybridized carbons (Fsp3) is 0.750. The van der Waals surface area contributed by atoms with Gasteiger partial charge < -0.3 is 5.32 Å². The summed E-state index contributed by atoms with van der Waals surface area (Å²) in [6.07, 6.45) is 9.29. The van der Waals surface area contributed by atoms with Gasteiger partial charge >= 0.3 is 0 Å². The summed E-state index contributed by atoms with van der Waals surface area (Å²) in [6.45, 7) is 7.86. The van der Waals surface area contributed by atoms with E-state index in [0.29, 0.717) is 0 Å². The number of aryl methyl sites for hydroxylation is 1. The number of hydrogen-bond acceptors (Lipinski definition) is 4. The van der Waals surface area contributed by atoms with Gasteiger partial charge in [-0.15, -0.1) is 24.8 Å². The van der Waals surface area contributed by atoms with Crippen molar-refractivity contribution in [3.05, 3.63) is 23.8 Å². The number of aromatic nitrogens is 2. The standard InChI is InChI=1S/C16H26N4.2ClH/c1-13-10-19-16(11-18-13)12-20-8-4-15(5-9-20)14-2-6-17-7-3-14;;/h10-11,14-15,17H,2-9,12H2,1H3;2*1H. The highest BCUT2D eigenvalue weighted by molar-refractivity contribution is 5.85. The summed E-state index contributed by atoms with van der Waals surface area (Å²) in [5.41, 5.74) is 2.11. The topological polar surface area (TPSA) is 41.1 Å². The van der Waals surface area contributed by atoms with E-state index in [-0.39, 0.29) is 24.8 Å². The number of hydrogen-bond donors (Lipinski definition) is 1. The Morgan fingerprint density at radius 2 is 1.64 bits per heavy atom. The zero-order valence-electron chi connectivity index (χ0n) is 13.3. The molecule has 1 N–H and O–H groups in total. The Morgan fingerprint density at radius 1 is 1.00 bits per heavy atom. The second kappa shape index (κ2) is 9.66. The maximum absolute atomic E-state index is 4.47. The molecule has 2 aliphatic heterocycles. The zero-order valence-corrected chi connectivity index (χ0v) is 15.0. The first-order chi connectivity index (χ1) is 9.81. The van der Waals surface area contributed by atoms with Crippen LogP contribution in [-0.2, 0) is 6.54 Å². The highest BCUT2D eigenvalue weighted by Crippen LogP contribution is 2.30. The summed E-state index contributed by atoms with van der Waals surface area (Å²) in [4.78, 5) is 11.3. The Kier molecular flexibility index (Phi) is 8.62. The minimum atomic E-state index is 0. The van der Waals surface area contributed by atoms with Crippen molar-refractivity contribution in [1.82, 2.24) is 20.2 Å². The smallest absolute Gasteiger partial charge is 0.0727 e. The van der Waals surface area contributed by atoms with E-state index in [0.717, 1.165) is 29.8 Å². The maximum Gasteiger partial charge on any atom is 0.0727 e. The minimum Gasteiger partial charge on any atom is -0.317 e. The van der Waals surface area contributed by atoms with Gasteiger partial charge in [0.2, 0.25) is 0 Å². The Balaban J connectivity index is 0.00000121. The van der Waals surface area contributed by atoms with Crippen LogP contribution in [0.3, 0.4) is 0 Å². The molecule has 0 unspecified atom stereocenters. The van der Waals surface area contributed by atoms with Crippen LogP contribution >= 0.6 is 24.8 Å². The minimum absolute atomic E-state index is 0. The lowest BCUT2D eigenvalue weighted by Gasteiger charge is -2.37. The van der Waals surface area contributed by atoms with Gasteiger partial charge in [0, 0.05) is 18.9 Å². The van der Waals surface area contributed by atoms with E-state index in [4.69, 9.17) is 0 Å². The molecule has 22 heavy (non-hydrogen) atoms. The summed E-state index contributed by atoms with van der Waals surface area (Å²) in [6, 6.07) is 0. The fourth-order valence-corrected chi connectivity index (χ4v) is 3.63. The summed E-state index contributed by atoms with van der Waals surface area (Å²) in [5.74, 6) is 1.93. The summed E-state index contributed by atoms with van der Waals surface area (Å²) >= 11 is 0. The van der Waals surface area contributed by atoms with Crippen molar-refractivity contribution < 1.29 is 0 Å². The maximum atomic E-state index is 4.47. The molecule has 0 atom stereocenters. The lowest BCUT2D eigenvalue weighted by atomic mass is 9.79. The molecule has 1 aromatic heterocycles. The van der Waals surface area contributed by atoms with E-state index >= 15 is 0 Å². The highest BCUT2D eigenvalue weighted by atomic mass is 35.5. The van der Waals surface area contributed by atoms with Gasteiger partial charge in [0.1, 0.15) is 0 Å². The van der Waals surface area contributed by atoms with Crippen molar-refractivity contribution in [3.63, 3.8) is 0 Å². The summed E-state index contributed by atoms with van der Waals surface area (Å²) < 4.78 is 0. The molecule has 6 heteroatoms. The molecule has 0 spiro atoms. The lowest BCUT2D eigenvalue weighted by molar-refractivity contribution is 0.125. The Labute approximate surface area is 146 Å². The zero-order chi connectivity index (χ0) is 13.8. The lowest BCUT2D eigenvalue weighted by Crippen LogP contribution is -2.39. The fourth-order valence-electron chi connectivity index (χ4n) is 3.63. The van der Waals surface area contributed by atoms with Crippen LogP contribution in [0.25, 0.3) is 0 Å². The molecule has 3 rings (SSSR count). The van der Waals surface area contributed by atoms with Gasteiger partial charge in [-0.2, -0.15) is 0 Å². The van der Waals surface area contributed by atoms with Crippen molar-refractivity contribution >= 4 is 24.8 Å². The SMILES string of the molecule is Cc1cnc(CN2CCC(C3CCNCC3)CC2)cn1.Cl.Cl. The first-order valence-corrected chi connectivity index (χ1v) is 8.02. The van der Waals surface area contributed by atoms with Crippen molar-refractivity contribution in [1.29, 1.82) is 0 Å². The van der Waals surface area contributed by atoms with Crippen LogP contribution in [0, 0.1) is 18.8 Å². The molecule has 0 aromatic carbocycles. The van der Waals surface area contributed by atoms with E-state index in [1.807, 2.05) is 19.3 Å². The molecule has 2 fully saturated rings. The van der Waals surface area contributed by atoms with Crippen LogP contribution in [-0.4, -0.2) is 41.0 Å². The number of halogens is 2. The monoisotopic (exact) mass is 346 g/mol. The number of piperidine rings is 2. The van der Waals surface area contributed by atoms with E-state index in [9.17, 15) is 0 Å². The molecule has 0 radical (unpaired) electrons. The average Bonchev–Trinajstić information content (AvgIpc) is 2.51. The third kappa shape index (κ3) is 5.34. The van der Waals surface area contributed by atoms with Crippen LogP contribution in [0.1, 0.15) is 37.1 Å². The predicted octanol–water partition coefficient (Wildman–Crippen LogP) is 2.84. The van der Waals surface area contributed by atoms with Crippen LogP contribution in [0.4, 0.5) is 0 Å². The Morgan fingerprint density at radius 3 is 2.23 bits per heavy atom. The van der Waals surface area contributed by atoms with E-state index in [1.54, 1.807) is 0 Å².